The molecule has 5 nitrogen and oxygen atoms in total. The van der Waals surface area contributed by atoms with Gasteiger partial charge in [0.1, 0.15) is 5.75 Å². The van der Waals surface area contributed by atoms with E-state index in [0.717, 1.165) is 34.7 Å². The average Bonchev–Trinajstić information content (AvgIpc) is 3.26. The van der Waals surface area contributed by atoms with Gasteiger partial charge in [-0.05, 0) is 36.4 Å². The molecule has 7 heteroatoms. The summed E-state index contributed by atoms with van der Waals surface area (Å²) in [5, 5.41) is 1.88. The number of ether oxygens (including phenoxy) is 3. The lowest BCUT2D eigenvalue weighted by Crippen LogP contribution is -2.43. The molecule has 3 aromatic rings. The zero-order valence-electron chi connectivity index (χ0n) is 16.9. The molecule has 0 bridgehead atoms. The van der Waals surface area contributed by atoms with Gasteiger partial charge in [-0.1, -0.05) is 30.3 Å². The van der Waals surface area contributed by atoms with Crippen LogP contribution < -0.4 is 19.6 Å². The van der Waals surface area contributed by atoms with Crippen LogP contribution in [0, 0.1) is 11.6 Å². The Balaban J connectivity index is 1.61. The fraction of sp³-hybridized carbons (Fsp3) is 0.167. The highest BCUT2D eigenvalue weighted by atomic mass is 19.2. The highest BCUT2D eigenvalue weighted by Gasteiger charge is 2.41. The molecule has 0 spiro atoms. The first-order valence-corrected chi connectivity index (χ1v) is 9.79. The Hall–Kier alpha value is -3.58. The van der Waals surface area contributed by atoms with Crippen LogP contribution in [0.4, 0.5) is 8.78 Å². The summed E-state index contributed by atoms with van der Waals surface area (Å²) in [4.78, 5) is 0. The maximum Gasteiger partial charge on any atom is 0.196 e. The summed E-state index contributed by atoms with van der Waals surface area (Å²) >= 11 is 0. The summed E-state index contributed by atoms with van der Waals surface area (Å²) in [5.74, 6) is 0.0572. The molecule has 5 rings (SSSR count). The second-order valence-corrected chi connectivity index (χ2v) is 7.30. The van der Waals surface area contributed by atoms with Gasteiger partial charge in [0.05, 0.1) is 26.0 Å². The number of benzene rings is 3. The molecule has 2 heterocycles. The summed E-state index contributed by atoms with van der Waals surface area (Å²) in [6.45, 7) is 0. The zero-order valence-corrected chi connectivity index (χ0v) is 16.9. The molecule has 2 unspecified atom stereocenters. The zero-order chi connectivity index (χ0) is 21.5. The van der Waals surface area contributed by atoms with E-state index in [1.807, 2.05) is 47.5 Å². The van der Waals surface area contributed by atoms with E-state index >= 15 is 0 Å². The molecular formula is C24H20F2N2O3. The molecule has 0 aromatic heterocycles. The number of rotatable bonds is 4. The molecule has 0 radical (unpaired) electrons. The maximum atomic E-state index is 14.0. The third-order valence-corrected chi connectivity index (χ3v) is 5.51. The van der Waals surface area contributed by atoms with Crippen molar-refractivity contribution in [1.29, 1.82) is 0 Å². The maximum absolute atomic E-state index is 14.0. The van der Waals surface area contributed by atoms with E-state index in [1.54, 1.807) is 14.2 Å². The van der Waals surface area contributed by atoms with Gasteiger partial charge in [-0.15, -0.1) is 0 Å². The van der Waals surface area contributed by atoms with Crippen molar-refractivity contribution < 1.29 is 23.0 Å². The molecular weight excluding hydrogens is 402 g/mol. The third kappa shape index (κ3) is 3.27. The number of halogens is 2. The van der Waals surface area contributed by atoms with E-state index in [0.29, 0.717) is 17.1 Å². The van der Waals surface area contributed by atoms with Gasteiger partial charge >= 0.3 is 0 Å². The molecule has 31 heavy (non-hydrogen) atoms. The second kappa shape index (κ2) is 7.59. The fourth-order valence-electron chi connectivity index (χ4n) is 4.00. The topological polar surface area (TPSA) is 43.0 Å². The number of hydrazine groups is 1. The van der Waals surface area contributed by atoms with Crippen LogP contribution in [0.2, 0.25) is 0 Å². The van der Waals surface area contributed by atoms with E-state index in [-0.39, 0.29) is 6.04 Å². The van der Waals surface area contributed by atoms with E-state index in [2.05, 4.69) is 11.5 Å². The highest BCUT2D eigenvalue weighted by molar-refractivity contribution is 5.69. The van der Waals surface area contributed by atoms with Gasteiger partial charge in [0.25, 0.3) is 0 Å². The Labute approximate surface area is 178 Å². The smallest absolute Gasteiger partial charge is 0.196 e. The van der Waals surface area contributed by atoms with Crippen LogP contribution >= 0.6 is 0 Å². The number of methoxy groups -OCH3 is 2. The predicted molar refractivity (Wildman–Crippen MR) is 111 cm³/mol. The van der Waals surface area contributed by atoms with Crippen LogP contribution in [0.1, 0.15) is 29.0 Å². The number of para-hydroxylation sites is 1. The summed E-state index contributed by atoms with van der Waals surface area (Å²) in [6.07, 6.45) is 1.37. The lowest BCUT2D eigenvalue weighted by Gasteiger charge is -2.39. The number of hydrogen-bond acceptors (Lipinski definition) is 5. The summed E-state index contributed by atoms with van der Waals surface area (Å²) in [7, 11) is 3.19. The normalized spacial score (nSPS) is 19.5. The van der Waals surface area contributed by atoms with Crippen molar-refractivity contribution in [3.63, 3.8) is 0 Å². The SMILES string of the molecule is COc1cccc(C2=CC3c4cccc(OC)c4OC(c4ccc(F)c(F)c4)N3N2)c1. The number of fused-ring (bicyclic) bond motifs is 3. The molecule has 2 aliphatic heterocycles. The summed E-state index contributed by atoms with van der Waals surface area (Å²) in [5.41, 5.74) is 6.55. The van der Waals surface area contributed by atoms with Gasteiger partial charge < -0.3 is 19.6 Å². The largest absolute Gasteiger partial charge is 0.497 e. The molecule has 0 saturated carbocycles. The van der Waals surface area contributed by atoms with Gasteiger partial charge in [-0.25, -0.2) is 8.78 Å². The second-order valence-electron chi connectivity index (χ2n) is 7.30. The lowest BCUT2D eigenvalue weighted by molar-refractivity contribution is -0.0345. The van der Waals surface area contributed by atoms with E-state index in [9.17, 15) is 8.78 Å². The van der Waals surface area contributed by atoms with E-state index in [4.69, 9.17) is 14.2 Å². The van der Waals surface area contributed by atoms with Crippen LogP contribution in [0.3, 0.4) is 0 Å². The summed E-state index contributed by atoms with van der Waals surface area (Å²) in [6, 6.07) is 16.9. The molecule has 2 atom stereocenters. The number of nitrogens with one attached hydrogen (secondary N) is 1. The number of hydrogen-bond donors (Lipinski definition) is 1. The minimum absolute atomic E-state index is 0.210. The molecule has 158 valence electrons. The highest BCUT2D eigenvalue weighted by Crippen LogP contribution is 2.49. The molecule has 3 aromatic carbocycles. The quantitative estimate of drug-likeness (QED) is 0.643. The minimum Gasteiger partial charge on any atom is -0.497 e. The Morgan fingerprint density at radius 2 is 1.77 bits per heavy atom. The Bertz CT molecular complexity index is 1180. The molecule has 0 saturated heterocycles. The summed E-state index contributed by atoms with van der Waals surface area (Å²) < 4.78 is 44.7. The molecule has 2 aliphatic rings. The van der Waals surface area contributed by atoms with Crippen LogP contribution in [0.25, 0.3) is 5.70 Å². The lowest BCUT2D eigenvalue weighted by atomic mass is 10.00. The van der Waals surface area contributed by atoms with Gasteiger partial charge in [0.15, 0.2) is 29.4 Å². The minimum atomic E-state index is -0.927. The van der Waals surface area contributed by atoms with E-state index in [1.165, 1.54) is 6.07 Å². The molecule has 1 N–H and O–H groups in total. The molecule has 0 amide bonds. The predicted octanol–water partition coefficient (Wildman–Crippen LogP) is 4.98. The van der Waals surface area contributed by atoms with Crippen LogP contribution in [0.15, 0.2) is 66.7 Å². The van der Waals surface area contributed by atoms with Gasteiger partial charge in [0.2, 0.25) is 0 Å². The van der Waals surface area contributed by atoms with Crippen molar-refractivity contribution in [2.24, 2.45) is 0 Å². The third-order valence-electron chi connectivity index (χ3n) is 5.51. The van der Waals surface area contributed by atoms with E-state index < -0.39 is 17.9 Å². The monoisotopic (exact) mass is 422 g/mol. The average molecular weight is 422 g/mol. The standard InChI is InChI=1S/C24H20F2N2O3/c1-29-16-6-3-5-14(11-16)20-13-21-17-7-4-8-22(30-2)23(17)31-24(28(21)27-20)15-9-10-18(25)19(26)12-15/h3-13,21,24,27H,1-2H3. The first-order valence-electron chi connectivity index (χ1n) is 9.79. The van der Waals surface area contributed by atoms with Crippen molar-refractivity contribution in [2.75, 3.05) is 14.2 Å². The van der Waals surface area contributed by atoms with Crippen LogP contribution in [-0.2, 0) is 0 Å². The van der Waals surface area contributed by atoms with Crippen LogP contribution in [0.5, 0.6) is 17.2 Å². The van der Waals surface area contributed by atoms with Crippen molar-refractivity contribution in [3.8, 4) is 17.2 Å². The fourth-order valence-corrected chi connectivity index (χ4v) is 4.00. The number of nitrogens with zero attached hydrogens (tertiary/aromatic N) is 1. The van der Waals surface area contributed by atoms with Crippen molar-refractivity contribution >= 4 is 5.70 Å². The van der Waals surface area contributed by atoms with Crippen molar-refractivity contribution in [1.82, 2.24) is 10.4 Å². The molecule has 0 fully saturated rings. The van der Waals surface area contributed by atoms with Gasteiger partial charge in [-0.3, -0.25) is 0 Å². The Morgan fingerprint density at radius 3 is 2.55 bits per heavy atom. The van der Waals surface area contributed by atoms with Crippen molar-refractivity contribution in [2.45, 2.75) is 12.3 Å². The Kier molecular flexibility index (Phi) is 4.75. The first-order chi connectivity index (χ1) is 15.1. The van der Waals surface area contributed by atoms with Crippen molar-refractivity contribution in [3.05, 3.63) is 95.1 Å². The van der Waals surface area contributed by atoms with Crippen LogP contribution in [-0.4, -0.2) is 19.2 Å². The Morgan fingerprint density at radius 1 is 0.935 bits per heavy atom. The first kappa shape index (κ1) is 19.4. The van der Waals surface area contributed by atoms with Gasteiger partial charge in [-0.2, -0.15) is 5.01 Å². The molecule has 0 aliphatic carbocycles. The van der Waals surface area contributed by atoms with Gasteiger partial charge in [0, 0.05) is 16.7 Å².